The molecule has 0 aliphatic rings. The first kappa shape index (κ1) is 12.5. The Labute approximate surface area is 121 Å². The van der Waals surface area contributed by atoms with Gasteiger partial charge in [-0.1, -0.05) is 36.4 Å². The van der Waals surface area contributed by atoms with Crippen molar-refractivity contribution < 1.29 is 0 Å². The van der Waals surface area contributed by atoms with E-state index in [0.29, 0.717) is 5.88 Å². The van der Waals surface area contributed by atoms with Crippen molar-refractivity contribution in [2.24, 2.45) is 0 Å². The quantitative estimate of drug-likeness (QED) is 0.707. The van der Waals surface area contributed by atoms with Crippen LogP contribution >= 0.6 is 23.1 Å². The molecule has 3 aromatic rings. The largest absolute Gasteiger partial charge is 0.371 e. The fourth-order valence-electron chi connectivity index (χ4n) is 2.02. The Bertz CT molecular complexity index is 693. The molecule has 1 heterocycles. The van der Waals surface area contributed by atoms with E-state index >= 15 is 0 Å². The maximum absolute atomic E-state index is 5.85. The fourth-order valence-corrected chi connectivity index (χ4v) is 2.94. The molecule has 0 aliphatic heterocycles. The Kier molecular flexibility index (Phi) is 3.67. The van der Waals surface area contributed by atoms with Crippen LogP contribution in [-0.4, -0.2) is 4.37 Å². The van der Waals surface area contributed by atoms with Crippen LogP contribution in [0.25, 0.3) is 10.9 Å². The Balaban J connectivity index is 1.78. The summed E-state index contributed by atoms with van der Waals surface area (Å²) < 4.78 is 4.42. The van der Waals surface area contributed by atoms with Gasteiger partial charge in [0.2, 0.25) is 0 Å². The molecule has 0 atom stereocenters. The highest BCUT2D eigenvalue weighted by Crippen LogP contribution is 2.27. The van der Waals surface area contributed by atoms with Crippen molar-refractivity contribution in [3.63, 3.8) is 0 Å². The minimum absolute atomic E-state index is 0.553. The van der Waals surface area contributed by atoms with Crippen LogP contribution in [0.1, 0.15) is 11.1 Å². The smallest absolute Gasteiger partial charge is 0.117 e. The van der Waals surface area contributed by atoms with Crippen molar-refractivity contribution in [2.45, 2.75) is 12.4 Å². The molecule has 19 heavy (non-hydrogen) atoms. The molecule has 0 bridgehead atoms. The number of fused-ring (bicyclic) bond motifs is 1. The first-order valence-electron chi connectivity index (χ1n) is 6.09. The van der Waals surface area contributed by atoms with Gasteiger partial charge in [0.25, 0.3) is 0 Å². The third kappa shape index (κ3) is 2.72. The van der Waals surface area contributed by atoms with Crippen LogP contribution in [0.2, 0.25) is 0 Å². The first-order chi connectivity index (χ1) is 9.36. The second-order valence-electron chi connectivity index (χ2n) is 4.34. The number of nitrogens with one attached hydrogen (secondary N) is 1. The Hall–Kier alpha value is -1.58. The number of benzene rings is 2. The number of nitrogens with zero attached hydrogens (tertiary/aromatic N) is 1. The summed E-state index contributed by atoms with van der Waals surface area (Å²) in [6.07, 6.45) is 0. The number of hydrogen-bond acceptors (Lipinski definition) is 3. The highest BCUT2D eigenvalue weighted by atomic mass is 35.5. The van der Waals surface area contributed by atoms with E-state index < -0.39 is 0 Å². The molecular weight excluding hydrogens is 276 g/mol. The third-order valence-electron chi connectivity index (χ3n) is 2.98. The van der Waals surface area contributed by atoms with Crippen LogP contribution in [-0.2, 0) is 12.4 Å². The summed E-state index contributed by atoms with van der Waals surface area (Å²) in [5.74, 6) is 0.553. The predicted molar refractivity (Wildman–Crippen MR) is 82.9 cm³/mol. The minimum atomic E-state index is 0.553. The van der Waals surface area contributed by atoms with E-state index in [0.717, 1.165) is 22.6 Å². The molecule has 0 saturated carbocycles. The molecular formula is C15H13ClN2S. The van der Waals surface area contributed by atoms with Gasteiger partial charge in [-0.05, 0) is 34.8 Å². The molecule has 0 amide bonds. The van der Waals surface area contributed by atoms with Gasteiger partial charge in [-0.2, -0.15) is 4.37 Å². The van der Waals surface area contributed by atoms with Crippen LogP contribution in [0.4, 0.5) is 5.00 Å². The minimum Gasteiger partial charge on any atom is -0.371 e. The Morgan fingerprint density at radius 2 is 1.89 bits per heavy atom. The summed E-state index contributed by atoms with van der Waals surface area (Å²) in [5.41, 5.74) is 3.43. The molecule has 0 spiro atoms. The first-order valence-corrected chi connectivity index (χ1v) is 7.39. The Morgan fingerprint density at radius 1 is 1.05 bits per heavy atom. The van der Waals surface area contributed by atoms with Gasteiger partial charge in [-0.15, -0.1) is 11.6 Å². The zero-order valence-corrected chi connectivity index (χ0v) is 11.8. The van der Waals surface area contributed by atoms with Crippen molar-refractivity contribution in [1.29, 1.82) is 0 Å². The molecule has 0 aliphatic carbocycles. The van der Waals surface area contributed by atoms with Crippen molar-refractivity contribution >= 4 is 39.0 Å². The molecule has 0 saturated heterocycles. The standard InChI is InChI=1S/C15H13ClN2S/c16-9-11-4-3-5-12(8-11)10-17-15-13-6-1-2-7-14(13)18-19-15/h1-8,17H,9-10H2. The summed E-state index contributed by atoms with van der Waals surface area (Å²) >= 11 is 7.35. The van der Waals surface area contributed by atoms with Gasteiger partial charge in [0.15, 0.2) is 0 Å². The molecule has 3 rings (SSSR count). The summed E-state index contributed by atoms with van der Waals surface area (Å²) in [6, 6.07) is 16.5. The lowest BCUT2D eigenvalue weighted by molar-refractivity contribution is 1.15. The highest BCUT2D eigenvalue weighted by Gasteiger charge is 2.04. The average molecular weight is 289 g/mol. The predicted octanol–water partition coefficient (Wildman–Crippen LogP) is 4.65. The van der Waals surface area contributed by atoms with E-state index in [-0.39, 0.29) is 0 Å². The lowest BCUT2D eigenvalue weighted by Crippen LogP contribution is -1.98. The van der Waals surface area contributed by atoms with Crippen LogP contribution in [0.5, 0.6) is 0 Å². The molecule has 1 N–H and O–H groups in total. The van der Waals surface area contributed by atoms with Crippen molar-refractivity contribution in [2.75, 3.05) is 5.32 Å². The van der Waals surface area contributed by atoms with Crippen LogP contribution in [0.15, 0.2) is 48.5 Å². The summed E-state index contributed by atoms with van der Waals surface area (Å²) in [6.45, 7) is 0.789. The van der Waals surface area contributed by atoms with Gasteiger partial charge in [-0.25, -0.2) is 0 Å². The van der Waals surface area contributed by atoms with Gasteiger partial charge in [0.1, 0.15) is 5.00 Å². The van der Waals surface area contributed by atoms with Gasteiger partial charge in [0.05, 0.1) is 5.52 Å². The SMILES string of the molecule is ClCc1cccc(CNc2snc3ccccc23)c1. The van der Waals surface area contributed by atoms with E-state index in [2.05, 4.69) is 27.9 Å². The number of alkyl halides is 1. The summed E-state index contributed by atoms with van der Waals surface area (Å²) in [7, 11) is 0. The molecule has 2 nitrogen and oxygen atoms in total. The monoisotopic (exact) mass is 288 g/mol. The Morgan fingerprint density at radius 3 is 2.79 bits per heavy atom. The maximum Gasteiger partial charge on any atom is 0.117 e. The zero-order valence-electron chi connectivity index (χ0n) is 10.3. The molecule has 96 valence electrons. The van der Waals surface area contributed by atoms with Gasteiger partial charge >= 0.3 is 0 Å². The lowest BCUT2D eigenvalue weighted by Gasteiger charge is -2.05. The van der Waals surface area contributed by atoms with Crippen molar-refractivity contribution in [3.8, 4) is 0 Å². The second kappa shape index (κ2) is 5.59. The fraction of sp³-hybridized carbons (Fsp3) is 0.133. The second-order valence-corrected chi connectivity index (χ2v) is 5.38. The van der Waals surface area contributed by atoms with Crippen molar-refractivity contribution in [1.82, 2.24) is 4.37 Å². The number of halogens is 1. The van der Waals surface area contributed by atoms with Gasteiger partial charge in [-0.3, -0.25) is 0 Å². The van der Waals surface area contributed by atoms with Crippen LogP contribution < -0.4 is 5.32 Å². The zero-order chi connectivity index (χ0) is 13.1. The van der Waals surface area contributed by atoms with E-state index in [9.17, 15) is 0 Å². The van der Waals surface area contributed by atoms with Gasteiger partial charge < -0.3 is 5.32 Å². The number of rotatable bonds is 4. The van der Waals surface area contributed by atoms with Crippen molar-refractivity contribution in [3.05, 3.63) is 59.7 Å². The van der Waals surface area contributed by atoms with E-state index in [4.69, 9.17) is 11.6 Å². The van der Waals surface area contributed by atoms with Gasteiger partial charge in [0, 0.05) is 17.8 Å². The molecule has 4 heteroatoms. The average Bonchev–Trinajstić information content (AvgIpc) is 2.89. The summed E-state index contributed by atoms with van der Waals surface area (Å²) in [4.78, 5) is 0. The van der Waals surface area contributed by atoms with Crippen LogP contribution in [0, 0.1) is 0 Å². The van der Waals surface area contributed by atoms with E-state index in [1.165, 1.54) is 22.5 Å². The van der Waals surface area contributed by atoms with Crippen LogP contribution in [0.3, 0.4) is 0 Å². The molecule has 0 fully saturated rings. The number of anilines is 1. The third-order valence-corrected chi connectivity index (χ3v) is 4.13. The number of hydrogen-bond donors (Lipinski definition) is 1. The van der Waals surface area contributed by atoms with E-state index in [1.54, 1.807) is 0 Å². The molecule has 1 aromatic heterocycles. The summed E-state index contributed by atoms with van der Waals surface area (Å²) in [5, 5.41) is 5.75. The highest BCUT2D eigenvalue weighted by molar-refractivity contribution is 7.11. The normalized spacial score (nSPS) is 10.8. The lowest BCUT2D eigenvalue weighted by atomic mass is 10.1. The molecule has 2 aromatic carbocycles. The maximum atomic E-state index is 5.85. The van der Waals surface area contributed by atoms with E-state index in [1.807, 2.05) is 30.3 Å². The topological polar surface area (TPSA) is 24.9 Å². The number of aromatic nitrogens is 1. The molecule has 0 unspecified atom stereocenters. The molecule has 0 radical (unpaired) electrons.